The molecule has 170 valence electrons. The van der Waals surface area contributed by atoms with Crippen molar-refractivity contribution < 1.29 is 22.7 Å². The summed E-state index contributed by atoms with van der Waals surface area (Å²) in [7, 11) is -0.403. The first kappa shape index (κ1) is 23.5. The smallest absolute Gasteiger partial charge is 0.283 e. The molecule has 1 aliphatic heterocycles. The van der Waals surface area contributed by atoms with Gasteiger partial charge in [0.25, 0.3) is 10.0 Å². The number of hydrogen-bond donors (Lipinski definition) is 1. The van der Waals surface area contributed by atoms with E-state index < -0.39 is 10.0 Å². The van der Waals surface area contributed by atoms with Gasteiger partial charge in [-0.05, 0) is 61.4 Å². The van der Waals surface area contributed by atoms with Crippen LogP contribution in [0.15, 0.2) is 57.8 Å². The lowest BCUT2D eigenvalue weighted by molar-refractivity contribution is -0.116. The highest BCUT2D eigenvalue weighted by molar-refractivity contribution is 7.90. The number of hydrogen-bond acceptors (Lipinski definition) is 5. The number of carbonyl (C=O) groups is 2. The average molecular weight is 458 g/mol. The van der Waals surface area contributed by atoms with Crippen LogP contribution in [0.5, 0.6) is 5.75 Å². The number of Topliss-reactive ketones (excluding diaryl/α,β-unsaturated/α-hetero) is 1. The van der Waals surface area contributed by atoms with Crippen molar-refractivity contribution in [2.75, 3.05) is 26.0 Å². The Hall–Kier alpha value is -3.20. The maximum atomic E-state index is 12.5. The fourth-order valence-corrected chi connectivity index (χ4v) is 4.46. The monoisotopic (exact) mass is 457 g/mol. The van der Waals surface area contributed by atoms with Gasteiger partial charge in [0.05, 0.1) is 12.0 Å². The number of carbonyl (C=O) groups excluding carboxylic acids is 2. The maximum absolute atomic E-state index is 12.5. The molecule has 3 rings (SSSR count). The van der Waals surface area contributed by atoms with Crippen molar-refractivity contribution in [3.05, 3.63) is 54.1 Å². The molecule has 1 aliphatic rings. The summed E-state index contributed by atoms with van der Waals surface area (Å²) in [6, 6.07) is 12.8. The molecule has 0 unspecified atom stereocenters. The van der Waals surface area contributed by atoms with Gasteiger partial charge in [0.15, 0.2) is 5.78 Å². The van der Waals surface area contributed by atoms with Crippen molar-refractivity contribution in [3.8, 4) is 5.75 Å². The van der Waals surface area contributed by atoms with Gasteiger partial charge in [-0.3, -0.25) is 9.59 Å². The quantitative estimate of drug-likeness (QED) is 0.578. The van der Waals surface area contributed by atoms with Crippen molar-refractivity contribution in [1.29, 1.82) is 0 Å². The minimum Gasteiger partial charge on any atom is -0.497 e. The van der Waals surface area contributed by atoms with Crippen LogP contribution in [0.1, 0.15) is 42.5 Å². The first-order valence-electron chi connectivity index (χ1n) is 10.4. The molecular formula is C23H27N3O5S. The standard InChI is InChI=1S/C23H27N3O5S/c1-26-16-4-6-22(26)25-32(29,30)20-14-10-18(11-15-20)24-23(28)7-3-5-21(27)17-8-12-19(31-2)13-9-17/h8-15H,3-7,16H2,1-2H3,(H,24,28). The highest BCUT2D eigenvalue weighted by Gasteiger charge is 2.20. The Morgan fingerprint density at radius 1 is 1.06 bits per heavy atom. The average Bonchev–Trinajstić information content (AvgIpc) is 3.17. The predicted octanol–water partition coefficient (Wildman–Crippen LogP) is 3.50. The first-order valence-corrected chi connectivity index (χ1v) is 11.8. The molecule has 0 radical (unpaired) electrons. The van der Waals surface area contributed by atoms with Crippen LogP contribution in [-0.4, -0.2) is 51.5 Å². The molecule has 0 bridgehead atoms. The van der Waals surface area contributed by atoms with E-state index in [0.717, 1.165) is 13.0 Å². The molecule has 0 spiro atoms. The molecule has 1 N–H and O–H groups in total. The summed E-state index contributed by atoms with van der Waals surface area (Å²) in [4.78, 5) is 26.3. The van der Waals surface area contributed by atoms with Gasteiger partial charge in [-0.1, -0.05) is 0 Å². The zero-order valence-electron chi connectivity index (χ0n) is 18.2. The number of rotatable bonds is 9. The van der Waals surface area contributed by atoms with Crippen molar-refractivity contribution in [2.24, 2.45) is 4.40 Å². The topological polar surface area (TPSA) is 105 Å². The SMILES string of the molecule is COc1ccc(C(=O)CCCC(=O)Nc2ccc(S(=O)(=O)N=C3CCCN3C)cc2)cc1. The number of ketones is 1. The molecule has 2 aromatic rings. The Kier molecular flexibility index (Phi) is 7.63. The van der Waals surface area contributed by atoms with E-state index in [4.69, 9.17) is 4.74 Å². The summed E-state index contributed by atoms with van der Waals surface area (Å²) in [5.74, 6) is 0.963. The van der Waals surface area contributed by atoms with Crippen molar-refractivity contribution in [2.45, 2.75) is 37.0 Å². The van der Waals surface area contributed by atoms with Crippen molar-refractivity contribution >= 4 is 33.2 Å². The molecule has 0 aliphatic carbocycles. The number of anilines is 1. The van der Waals surface area contributed by atoms with Gasteiger partial charge in [0.2, 0.25) is 5.91 Å². The second-order valence-electron chi connectivity index (χ2n) is 7.59. The maximum Gasteiger partial charge on any atom is 0.283 e. The third-order valence-electron chi connectivity index (χ3n) is 5.22. The minimum atomic E-state index is -3.79. The van der Waals surface area contributed by atoms with E-state index >= 15 is 0 Å². The summed E-state index contributed by atoms with van der Waals surface area (Å²) in [6.07, 6.45) is 2.38. The molecule has 1 heterocycles. The van der Waals surface area contributed by atoms with Crippen LogP contribution in [-0.2, 0) is 14.8 Å². The zero-order valence-corrected chi connectivity index (χ0v) is 19.0. The number of amidine groups is 1. The van der Waals surface area contributed by atoms with Gasteiger partial charge in [0, 0.05) is 44.1 Å². The van der Waals surface area contributed by atoms with Crippen molar-refractivity contribution in [3.63, 3.8) is 0 Å². The Balaban J connectivity index is 1.49. The third-order valence-corrected chi connectivity index (χ3v) is 6.53. The summed E-state index contributed by atoms with van der Waals surface area (Å²) < 4.78 is 34.0. The largest absolute Gasteiger partial charge is 0.497 e. The molecule has 0 saturated carbocycles. The molecule has 0 aromatic heterocycles. The summed E-state index contributed by atoms with van der Waals surface area (Å²) in [6.45, 7) is 0.797. The number of amides is 1. The molecule has 1 fully saturated rings. The number of ether oxygens (including phenoxy) is 1. The Bertz CT molecular complexity index is 1090. The van der Waals surface area contributed by atoms with Crippen LogP contribution in [0.4, 0.5) is 5.69 Å². The van der Waals surface area contributed by atoms with Gasteiger partial charge in [-0.2, -0.15) is 8.42 Å². The molecule has 1 amide bonds. The molecular weight excluding hydrogens is 430 g/mol. The molecule has 9 heteroatoms. The fraction of sp³-hybridized carbons (Fsp3) is 0.348. The normalized spacial score (nSPS) is 15.1. The first-order chi connectivity index (χ1) is 15.3. The molecule has 0 atom stereocenters. The second kappa shape index (κ2) is 10.4. The molecule has 1 saturated heterocycles. The highest BCUT2D eigenvalue weighted by Crippen LogP contribution is 2.19. The van der Waals surface area contributed by atoms with Crippen molar-refractivity contribution in [1.82, 2.24) is 4.90 Å². The van der Waals surface area contributed by atoms with Crippen LogP contribution in [0.25, 0.3) is 0 Å². The lowest BCUT2D eigenvalue weighted by Gasteiger charge is -2.11. The lowest BCUT2D eigenvalue weighted by Crippen LogP contribution is -2.20. The van der Waals surface area contributed by atoms with E-state index in [1.165, 1.54) is 24.3 Å². The van der Waals surface area contributed by atoms with E-state index in [0.29, 0.717) is 35.7 Å². The van der Waals surface area contributed by atoms with Crippen LogP contribution >= 0.6 is 0 Å². The lowest BCUT2D eigenvalue weighted by atomic mass is 10.1. The van der Waals surface area contributed by atoms with Gasteiger partial charge in [-0.15, -0.1) is 4.40 Å². The predicted molar refractivity (Wildman–Crippen MR) is 123 cm³/mol. The second-order valence-corrected chi connectivity index (χ2v) is 9.19. The van der Waals surface area contributed by atoms with Gasteiger partial charge < -0.3 is 15.0 Å². The van der Waals surface area contributed by atoms with E-state index in [9.17, 15) is 18.0 Å². The van der Waals surface area contributed by atoms with E-state index in [1.807, 2.05) is 11.9 Å². The van der Waals surface area contributed by atoms with E-state index in [1.54, 1.807) is 31.4 Å². The van der Waals surface area contributed by atoms with Crippen LogP contribution in [0.2, 0.25) is 0 Å². The van der Waals surface area contributed by atoms with Crippen LogP contribution in [0.3, 0.4) is 0 Å². The number of nitrogens with zero attached hydrogens (tertiary/aromatic N) is 2. The minimum absolute atomic E-state index is 0.0375. The Labute approximate surface area is 188 Å². The molecule has 32 heavy (non-hydrogen) atoms. The number of methoxy groups -OCH3 is 1. The number of nitrogens with one attached hydrogen (secondary N) is 1. The van der Waals surface area contributed by atoms with Gasteiger partial charge >= 0.3 is 0 Å². The van der Waals surface area contributed by atoms with Crippen LogP contribution in [0, 0.1) is 0 Å². The molecule has 8 nitrogen and oxygen atoms in total. The van der Waals surface area contributed by atoms with Gasteiger partial charge in [0.1, 0.15) is 11.6 Å². The molecule has 2 aromatic carbocycles. The number of sulfonamides is 1. The third kappa shape index (κ3) is 6.16. The number of benzene rings is 2. The summed E-state index contributed by atoms with van der Waals surface area (Å²) >= 11 is 0. The zero-order chi connectivity index (χ0) is 23.1. The van der Waals surface area contributed by atoms with E-state index in [2.05, 4.69) is 9.71 Å². The number of likely N-dealkylation sites (tertiary alicyclic amines) is 1. The van der Waals surface area contributed by atoms with E-state index in [-0.39, 0.29) is 29.4 Å². The fourth-order valence-electron chi connectivity index (χ4n) is 3.37. The van der Waals surface area contributed by atoms with Gasteiger partial charge in [-0.25, -0.2) is 0 Å². The van der Waals surface area contributed by atoms with Crippen LogP contribution < -0.4 is 10.1 Å². The highest BCUT2D eigenvalue weighted by atomic mass is 32.2. The summed E-state index contributed by atoms with van der Waals surface area (Å²) in [5.41, 5.74) is 1.07. The summed E-state index contributed by atoms with van der Waals surface area (Å²) in [5, 5.41) is 2.72. The Morgan fingerprint density at radius 2 is 1.75 bits per heavy atom. The Morgan fingerprint density at radius 3 is 2.34 bits per heavy atom.